The number of hydrogen-bond donors (Lipinski definition) is 2. The van der Waals surface area contributed by atoms with E-state index in [2.05, 4.69) is 29.6 Å². The molecule has 0 spiro atoms. The van der Waals surface area contributed by atoms with Crippen molar-refractivity contribution in [2.45, 2.75) is 25.2 Å². The second kappa shape index (κ2) is 9.20. The fraction of sp³-hybridized carbons (Fsp3) is 0.318. The molecule has 2 N–H and O–H groups in total. The van der Waals surface area contributed by atoms with Gasteiger partial charge in [0.05, 0.1) is 0 Å². The molecule has 2 aromatic carbocycles. The van der Waals surface area contributed by atoms with Gasteiger partial charge >= 0.3 is 6.09 Å². The number of unbranched alkanes of at least 4 members (excludes halogenated alkanes) is 1. The van der Waals surface area contributed by atoms with Gasteiger partial charge in [0.1, 0.15) is 6.61 Å². The van der Waals surface area contributed by atoms with Crippen LogP contribution in [0.3, 0.4) is 0 Å². The molecule has 0 aliphatic heterocycles. The van der Waals surface area contributed by atoms with Crippen LogP contribution in [-0.4, -0.2) is 31.0 Å². The van der Waals surface area contributed by atoms with Crippen LogP contribution in [0, 0.1) is 0 Å². The van der Waals surface area contributed by atoms with Crippen molar-refractivity contribution in [2.75, 3.05) is 19.8 Å². The number of carbonyl (C=O) groups excluding carboxylic acids is 1. The van der Waals surface area contributed by atoms with Gasteiger partial charge < -0.3 is 15.2 Å². The van der Waals surface area contributed by atoms with Crippen LogP contribution < -0.4 is 5.32 Å². The Balaban J connectivity index is 1.50. The van der Waals surface area contributed by atoms with Crippen molar-refractivity contribution in [3.63, 3.8) is 0 Å². The molecule has 0 radical (unpaired) electrons. The number of fused-ring (bicyclic) bond motifs is 3. The molecule has 2 aromatic rings. The van der Waals surface area contributed by atoms with Crippen LogP contribution in [0.25, 0.3) is 11.1 Å². The van der Waals surface area contributed by atoms with Crippen LogP contribution >= 0.6 is 0 Å². The summed E-state index contributed by atoms with van der Waals surface area (Å²) in [5.74, 6) is 0.0894. The lowest BCUT2D eigenvalue weighted by atomic mass is 9.98. The minimum Gasteiger partial charge on any atom is -0.449 e. The van der Waals surface area contributed by atoms with Crippen molar-refractivity contribution < 1.29 is 14.6 Å². The van der Waals surface area contributed by atoms with Crippen LogP contribution in [0.2, 0.25) is 0 Å². The Morgan fingerprint density at radius 3 is 2.27 bits per heavy atom. The van der Waals surface area contributed by atoms with E-state index in [1.807, 2.05) is 36.4 Å². The lowest BCUT2D eigenvalue weighted by Crippen LogP contribution is -2.26. The Morgan fingerprint density at radius 1 is 1.00 bits per heavy atom. The number of ether oxygens (including phenoxy) is 1. The van der Waals surface area contributed by atoms with E-state index < -0.39 is 0 Å². The topological polar surface area (TPSA) is 58.6 Å². The van der Waals surface area contributed by atoms with Crippen LogP contribution in [0.4, 0.5) is 4.79 Å². The van der Waals surface area contributed by atoms with E-state index in [-0.39, 0.29) is 18.6 Å². The molecule has 0 atom stereocenters. The molecule has 0 unspecified atom stereocenters. The Bertz CT molecular complexity index is 724. The number of carbonyl (C=O) groups is 1. The second-order valence-electron chi connectivity index (χ2n) is 6.38. The molecule has 4 heteroatoms. The predicted octanol–water partition coefficient (Wildman–Crippen LogP) is 4.24. The average molecular weight is 351 g/mol. The van der Waals surface area contributed by atoms with Gasteiger partial charge in [0.2, 0.25) is 0 Å². The van der Waals surface area contributed by atoms with Crippen LogP contribution in [-0.2, 0) is 4.74 Å². The second-order valence-corrected chi connectivity index (χ2v) is 6.38. The number of aliphatic hydroxyl groups excluding tert-OH is 1. The van der Waals surface area contributed by atoms with Crippen LogP contribution in [0.15, 0.2) is 60.7 Å². The van der Waals surface area contributed by atoms with Crippen molar-refractivity contribution in [1.29, 1.82) is 0 Å². The first-order valence-electron chi connectivity index (χ1n) is 9.16. The van der Waals surface area contributed by atoms with E-state index in [4.69, 9.17) is 9.84 Å². The zero-order valence-electron chi connectivity index (χ0n) is 14.9. The van der Waals surface area contributed by atoms with E-state index in [0.717, 1.165) is 19.3 Å². The summed E-state index contributed by atoms with van der Waals surface area (Å²) >= 11 is 0. The van der Waals surface area contributed by atoms with E-state index in [1.54, 1.807) is 0 Å². The molecule has 4 nitrogen and oxygen atoms in total. The van der Waals surface area contributed by atoms with E-state index in [1.165, 1.54) is 22.3 Å². The molecule has 1 aliphatic carbocycles. The molecule has 0 saturated heterocycles. The smallest absolute Gasteiger partial charge is 0.407 e. The minimum absolute atomic E-state index is 0.0894. The monoisotopic (exact) mass is 351 g/mol. The standard InChI is InChI=1S/C22H25NO3/c24-15-9-3-1-2-8-14-23-22(25)26-16-21-19-12-6-4-10-17(19)18-11-5-7-13-20(18)21/h1-2,4-7,10-13,21,24H,3,8-9,14-16H2,(H,23,25)/b2-1-. The highest BCUT2D eigenvalue weighted by Crippen LogP contribution is 2.44. The fourth-order valence-electron chi connectivity index (χ4n) is 3.35. The molecule has 3 rings (SSSR count). The molecular formula is C22H25NO3. The molecule has 0 bridgehead atoms. The lowest BCUT2D eigenvalue weighted by Gasteiger charge is -2.14. The summed E-state index contributed by atoms with van der Waals surface area (Å²) in [5, 5.41) is 11.5. The molecule has 1 amide bonds. The number of amides is 1. The Morgan fingerprint density at radius 2 is 1.62 bits per heavy atom. The lowest BCUT2D eigenvalue weighted by molar-refractivity contribution is 0.143. The first kappa shape index (κ1) is 18.2. The maximum absolute atomic E-state index is 12.0. The number of benzene rings is 2. The summed E-state index contributed by atoms with van der Waals surface area (Å²) in [6.07, 6.45) is 6.05. The third kappa shape index (κ3) is 4.33. The summed E-state index contributed by atoms with van der Waals surface area (Å²) in [7, 11) is 0. The van der Waals surface area contributed by atoms with Crippen molar-refractivity contribution in [2.24, 2.45) is 0 Å². The normalized spacial score (nSPS) is 12.8. The molecule has 0 heterocycles. The van der Waals surface area contributed by atoms with Gasteiger partial charge in [0.15, 0.2) is 0 Å². The molecular weight excluding hydrogens is 326 g/mol. The zero-order chi connectivity index (χ0) is 18.2. The average Bonchev–Trinajstić information content (AvgIpc) is 3.00. The largest absolute Gasteiger partial charge is 0.449 e. The Hall–Kier alpha value is -2.59. The van der Waals surface area contributed by atoms with Crippen molar-refractivity contribution >= 4 is 6.09 Å². The van der Waals surface area contributed by atoms with Gasteiger partial charge in [-0.25, -0.2) is 4.79 Å². The SMILES string of the molecule is O=C(NCC/C=C\CCCO)OCC1c2ccccc2-c2ccccc21. The zero-order valence-corrected chi connectivity index (χ0v) is 14.9. The quantitative estimate of drug-likeness (QED) is 0.552. The van der Waals surface area contributed by atoms with Gasteiger partial charge in [-0.2, -0.15) is 0 Å². The number of alkyl carbamates (subject to hydrolysis) is 1. The van der Waals surface area contributed by atoms with Crippen LogP contribution in [0.1, 0.15) is 36.3 Å². The summed E-state index contributed by atoms with van der Waals surface area (Å²) in [4.78, 5) is 12.0. The van der Waals surface area contributed by atoms with E-state index in [9.17, 15) is 4.79 Å². The maximum Gasteiger partial charge on any atom is 0.407 e. The first-order valence-corrected chi connectivity index (χ1v) is 9.16. The van der Waals surface area contributed by atoms with Crippen molar-refractivity contribution in [3.8, 4) is 11.1 Å². The molecule has 136 valence electrons. The van der Waals surface area contributed by atoms with Gasteiger partial charge in [0.25, 0.3) is 0 Å². The van der Waals surface area contributed by atoms with Crippen molar-refractivity contribution in [1.82, 2.24) is 5.32 Å². The van der Waals surface area contributed by atoms with Gasteiger partial charge in [-0.05, 0) is 41.5 Å². The number of allylic oxidation sites excluding steroid dienone is 1. The first-order chi connectivity index (χ1) is 12.8. The number of nitrogens with one attached hydrogen (secondary N) is 1. The minimum atomic E-state index is -0.379. The predicted molar refractivity (Wildman–Crippen MR) is 103 cm³/mol. The summed E-state index contributed by atoms with van der Waals surface area (Å²) in [5.41, 5.74) is 4.89. The highest BCUT2D eigenvalue weighted by atomic mass is 16.5. The summed E-state index contributed by atoms with van der Waals surface area (Å²) in [6.45, 7) is 1.10. The molecule has 0 fully saturated rings. The third-order valence-corrected chi connectivity index (χ3v) is 4.62. The molecule has 0 aromatic heterocycles. The van der Waals surface area contributed by atoms with Gasteiger partial charge in [-0.1, -0.05) is 60.7 Å². The van der Waals surface area contributed by atoms with Gasteiger partial charge in [-0.15, -0.1) is 0 Å². The number of hydrogen-bond acceptors (Lipinski definition) is 3. The highest BCUT2D eigenvalue weighted by Gasteiger charge is 2.28. The maximum atomic E-state index is 12.0. The summed E-state index contributed by atoms with van der Waals surface area (Å²) < 4.78 is 5.48. The Labute approximate surface area is 154 Å². The third-order valence-electron chi connectivity index (χ3n) is 4.62. The Kier molecular flexibility index (Phi) is 6.45. The van der Waals surface area contributed by atoms with Crippen molar-refractivity contribution in [3.05, 3.63) is 71.8 Å². The highest BCUT2D eigenvalue weighted by molar-refractivity contribution is 5.79. The fourth-order valence-corrected chi connectivity index (χ4v) is 3.35. The van der Waals surface area contributed by atoms with E-state index in [0.29, 0.717) is 13.2 Å². The van der Waals surface area contributed by atoms with Gasteiger partial charge in [0, 0.05) is 19.1 Å². The van der Waals surface area contributed by atoms with Crippen LogP contribution in [0.5, 0.6) is 0 Å². The molecule has 1 aliphatic rings. The molecule has 0 saturated carbocycles. The summed E-state index contributed by atoms with van der Waals surface area (Å²) in [6, 6.07) is 16.6. The molecule has 26 heavy (non-hydrogen) atoms. The van der Waals surface area contributed by atoms with E-state index >= 15 is 0 Å². The number of rotatable bonds is 8. The van der Waals surface area contributed by atoms with Gasteiger partial charge in [-0.3, -0.25) is 0 Å². The number of aliphatic hydroxyl groups is 1.